The SMILES string of the molecule is C.C.C.C.C.C.CCC(C)(C)C(=O)OC1CC2CC1C1C3CC(CC3C(=O)OCOC3C4CC5CC(C4)CC3C5)C21.CCC(C)C(=O)OC1CC2CC1C1C3CC(CC3C(=O)OCOC3C4CC5CC(C4)CC3C5)C21.CCOCOC(=O)C1CC2CC1C1C3CC(CC3OC(=O)C(C)CC)C21. The van der Waals surface area contributed by atoms with Crippen LogP contribution in [0.2, 0.25) is 0 Å². The Bertz CT molecular complexity index is 2810. The van der Waals surface area contributed by atoms with Gasteiger partial charge in [-0.25, -0.2) is 0 Å². The van der Waals surface area contributed by atoms with Crippen molar-refractivity contribution in [2.24, 2.45) is 189 Å². The average Bonchev–Trinajstić information content (AvgIpc) is 1.55. The fourth-order valence-corrected chi connectivity index (χ4v) is 28.3. The van der Waals surface area contributed by atoms with E-state index in [9.17, 15) is 28.8 Å². The topological polar surface area (TPSA) is 185 Å². The molecule has 0 aliphatic heterocycles. The first-order valence-corrected chi connectivity index (χ1v) is 39.8. The van der Waals surface area contributed by atoms with Crippen LogP contribution in [-0.4, -0.2) is 93.3 Å². The fraction of sp³-hybridized carbons (Fsp3) is 0.930. The molecule has 15 nitrogen and oxygen atoms in total. The minimum Gasteiger partial charge on any atom is -0.462 e. The number of esters is 6. The first kappa shape index (κ1) is 80.2. The molecule has 0 heterocycles. The van der Waals surface area contributed by atoms with Crippen LogP contribution in [0.3, 0.4) is 0 Å². The lowest BCUT2D eigenvalue weighted by Gasteiger charge is -2.53. The molecule has 15 heteroatoms. The summed E-state index contributed by atoms with van der Waals surface area (Å²) in [5.41, 5.74) is -0.417. The zero-order valence-electron chi connectivity index (χ0n) is 58.9. The summed E-state index contributed by atoms with van der Waals surface area (Å²) in [5.74, 6) is 16.8. The van der Waals surface area contributed by atoms with E-state index >= 15 is 0 Å². The Hall–Kier alpha value is -3.30. The highest BCUT2D eigenvalue weighted by molar-refractivity contribution is 5.77. The molecular formula is C86H142O15. The summed E-state index contributed by atoms with van der Waals surface area (Å²) >= 11 is 0. The van der Waals surface area contributed by atoms with E-state index in [-0.39, 0.29) is 149 Å². The Labute approximate surface area is 611 Å². The molecule has 0 aromatic rings. The largest absolute Gasteiger partial charge is 0.462 e. The second-order valence-electron chi connectivity index (χ2n) is 36.8. The minimum atomic E-state index is -0.417. The van der Waals surface area contributed by atoms with E-state index in [4.69, 9.17) is 42.6 Å². The van der Waals surface area contributed by atoms with Crippen molar-refractivity contribution in [2.45, 2.75) is 291 Å². The molecule has 20 bridgehead atoms. The third kappa shape index (κ3) is 14.2. The van der Waals surface area contributed by atoms with Crippen molar-refractivity contribution in [1.29, 1.82) is 0 Å². The number of hydrogen-bond acceptors (Lipinski definition) is 15. The maximum absolute atomic E-state index is 13.2. The number of carbonyl (C=O) groups excluding carboxylic acids is 6. The summed E-state index contributed by atoms with van der Waals surface area (Å²) in [6.07, 6.45) is 29.9. The van der Waals surface area contributed by atoms with Gasteiger partial charge in [-0.3, -0.25) is 28.8 Å². The molecule has 20 aliphatic carbocycles. The normalized spacial score (nSPS) is 46.2. The number of hydrogen-bond donors (Lipinski definition) is 0. The average molecular weight is 1420 g/mol. The molecule has 20 aliphatic rings. The Balaban J connectivity index is 0.000000160. The van der Waals surface area contributed by atoms with Crippen LogP contribution < -0.4 is 0 Å². The molecule has 20 fully saturated rings. The molecule has 26 atom stereocenters. The molecule has 20 rings (SSSR count). The molecule has 101 heavy (non-hydrogen) atoms. The van der Waals surface area contributed by atoms with Crippen molar-refractivity contribution in [3.05, 3.63) is 0 Å². The van der Waals surface area contributed by atoms with Gasteiger partial charge in [0.15, 0.2) is 20.4 Å². The summed E-state index contributed by atoms with van der Waals surface area (Å²) in [4.78, 5) is 76.4. The number of fused-ring (bicyclic) bond motifs is 27. The highest BCUT2D eigenvalue weighted by atomic mass is 16.7. The predicted octanol–water partition coefficient (Wildman–Crippen LogP) is 18.0. The van der Waals surface area contributed by atoms with Crippen molar-refractivity contribution in [3.63, 3.8) is 0 Å². The molecule has 0 N–H and O–H groups in total. The van der Waals surface area contributed by atoms with Crippen LogP contribution in [0.25, 0.3) is 0 Å². The summed E-state index contributed by atoms with van der Waals surface area (Å²) < 4.78 is 52.7. The van der Waals surface area contributed by atoms with E-state index in [0.717, 1.165) is 106 Å². The fourth-order valence-electron chi connectivity index (χ4n) is 28.3. The van der Waals surface area contributed by atoms with E-state index in [0.29, 0.717) is 131 Å². The van der Waals surface area contributed by atoms with Crippen molar-refractivity contribution < 1.29 is 71.4 Å². The van der Waals surface area contributed by atoms with E-state index in [2.05, 4.69) is 6.92 Å². The van der Waals surface area contributed by atoms with Crippen molar-refractivity contribution in [3.8, 4) is 0 Å². The smallest absolute Gasteiger partial charge is 0.311 e. The van der Waals surface area contributed by atoms with Gasteiger partial charge in [0.25, 0.3) is 0 Å². The van der Waals surface area contributed by atoms with Gasteiger partial charge in [0.1, 0.15) is 18.3 Å². The van der Waals surface area contributed by atoms with Crippen LogP contribution in [-0.2, 0) is 71.4 Å². The van der Waals surface area contributed by atoms with Gasteiger partial charge in [0.2, 0.25) is 0 Å². The molecule has 0 saturated heterocycles. The van der Waals surface area contributed by atoms with Gasteiger partial charge in [-0.15, -0.1) is 0 Å². The Morgan fingerprint density at radius 2 is 0.644 bits per heavy atom. The Kier molecular flexibility index (Phi) is 25.3. The van der Waals surface area contributed by atoms with Crippen LogP contribution in [0.5, 0.6) is 0 Å². The highest BCUT2D eigenvalue weighted by Crippen LogP contribution is 2.72. The lowest BCUT2D eigenvalue weighted by molar-refractivity contribution is -0.192. The molecule has 0 radical (unpaired) electrons. The summed E-state index contributed by atoms with van der Waals surface area (Å²) in [5, 5.41) is 0. The van der Waals surface area contributed by atoms with Crippen LogP contribution in [0.15, 0.2) is 0 Å². The molecule has 0 aromatic carbocycles. The molecule has 26 unspecified atom stereocenters. The second-order valence-corrected chi connectivity index (χ2v) is 36.8. The van der Waals surface area contributed by atoms with Crippen LogP contribution in [0.4, 0.5) is 0 Å². The first-order valence-electron chi connectivity index (χ1n) is 39.8. The van der Waals surface area contributed by atoms with Crippen LogP contribution in [0.1, 0.15) is 260 Å². The maximum atomic E-state index is 13.2. The Morgan fingerprint density at radius 3 is 0.950 bits per heavy atom. The van der Waals surface area contributed by atoms with Gasteiger partial charge in [-0.05, 0) is 335 Å². The molecular weight excluding hydrogens is 1270 g/mol. The predicted molar refractivity (Wildman–Crippen MR) is 390 cm³/mol. The van der Waals surface area contributed by atoms with Crippen LogP contribution >= 0.6 is 0 Å². The standard InChI is InChI=1S/C30H44O5.C29H42O5.C21H32O5.6CH4/c1-4-30(2,3)29(32)35-24-13-18-12-23(24)26-21-10-17(25(18)26)11-22(21)28(31)34-14-33-27-19-6-15-5-16(8-19)9-20(27)7-15;1-3-14(2)28(30)34-24-12-18-11-23(24)26-21-9-17(25(18)26)10-22(21)29(31)33-13-32-27-19-5-15-4-16(7-19)8-20(27)6-15;1-4-11(3)20(22)26-17-9-13-8-16(17)19-14-6-12(18(13)19)7-15(14)21(23)25-10-24-5-2;;;;;;/h15-27H,4-14H2,1-3H3;14-27H,3-13H2,1-2H3;11-19H,4-10H2,1-3H3;6*1H4. The monoisotopic (exact) mass is 1420 g/mol. The second kappa shape index (κ2) is 31.9. The number of rotatable bonds is 21. The van der Waals surface area contributed by atoms with E-state index in [1.165, 1.54) is 96.3 Å². The number of ether oxygens (including phenoxy) is 9. The molecule has 0 amide bonds. The number of carbonyl (C=O) groups is 6. The van der Waals surface area contributed by atoms with Crippen molar-refractivity contribution in [1.82, 2.24) is 0 Å². The molecule has 576 valence electrons. The molecule has 0 spiro atoms. The van der Waals surface area contributed by atoms with E-state index in [1.54, 1.807) is 0 Å². The van der Waals surface area contributed by atoms with Gasteiger partial charge in [0, 0.05) is 6.61 Å². The quantitative estimate of drug-likeness (QED) is 0.0347. The van der Waals surface area contributed by atoms with Gasteiger partial charge in [0.05, 0.1) is 47.2 Å². The highest BCUT2D eigenvalue weighted by Gasteiger charge is 2.70. The van der Waals surface area contributed by atoms with Crippen molar-refractivity contribution >= 4 is 35.8 Å². The summed E-state index contributed by atoms with van der Waals surface area (Å²) in [7, 11) is 0. The van der Waals surface area contributed by atoms with Gasteiger partial charge < -0.3 is 42.6 Å². The van der Waals surface area contributed by atoms with E-state index in [1.807, 2.05) is 48.5 Å². The molecule has 20 saturated carbocycles. The maximum Gasteiger partial charge on any atom is 0.311 e. The third-order valence-corrected chi connectivity index (χ3v) is 32.1. The zero-order valence-corrected chi connectivity index (χ0v) is 58.9. The molecule has 0 aromatic heterocycles. The van der Waals surface area contributed by atoms with Gasteiger partial charge in [-0.2, -0.15) is 0 Å². The Morgan fingerprint density at radius 1 is 0.347 bits per heavy atom. The van der Waals surface area contributed by atoms with E-state index < -0.39 is 5.41 Å². The zero-order chi connectivity index (χ0) is 65.6. The third-order valence-electron chi connectivity index (χ3n) is 32.1. The van der Waals surface area contributed by atoms with Crippen molar-refractivity contribution in [2.75, 3.05) is 27.0 Å². The minimum absolute atomic E-state index is 0. The van der Waals surface area contributed by atoms with Crippen LogP contribution in [0, 0.1) is 189 Å². The summed E-state index contributed by atoms with van der Waals surface area (Å²) in [6.45, 7) is 16.8. The lowest BCUT2D eigenvalue weighted by Crippen LogP contribution is -2.49. The lowest BCUT2D eigenvalue weighted by atomic mass is 9.55. The first-order chi connectivity index (χ1) is 45.9. The van der Waals surface area contributed by atoms with Gasteiger partial charge >= 0.3 is 35.8 Å². The van der Waals surface area contributed by atoms with Gasteiger partial charge in [-0.1, -0.05) is 79.2 Å². The summed E-state index contributed by atoms with van der Waals surface area (Å²) in [6, 6.07) is 0.